The van der Waals surface area contributed by atoms with Crippen LogP contribution in [0.3, 0.4) is 0 Å². The molecule has 0 unspecified atom stereocenters. The fourth-order valence-corrected chi connectivity index (χ4v) is 4.48. The zero-order valence-corrected chi connectivity index (χ0v) is 19.7. The first-order chi connectivity index (χ1) is 16.3. The fraction of sp³-hybridized carbons (Fsp3) is 0.208. The summed E-state index contributed by atoms with van der Waals surface area (Å²) in [5, 5.41) is 20.2. The van der Waals surface area contributed by atoms with Crippen LogP contribution in [-0.4, -0.2) is 40.9 Å². The number of benzene rings is 2. The van der Waals surface area contributed by atoms with Crippen molar-refractivity contribution < 1.29 is 12.8 Å². The van der Waals surface area contributed by atoms with Gasteiger partial charge in [-0.3, -0.25) is 4.98 Å². The van der Waals surface area contributed by atoms with E-state index in [1.165, 1.54) is 24.5 Å². The Morgan fingerprint density at radius 1 is 1.00 bits per heavy atom. The minimum Gasteiger partial charge on any atom is -0.415 e. The molecule has 172 valence electrons. The molecule has 0 amide bonds. The predicted molar refractivity (Wildman–Crippen MR) is 126 cm³/mol. The molecule has 2 aromatic carbocycles. The molecule has 4 rings (SSSR count). The summed E-state index contributed by atoms with van der Waals surface area (Å²) in [6.07, 6.45) is 3.02. The van der Waals surface area contributed by atoms with E-state index in [0.29, 0.717) is 22.8 Å². The Labute approximate surface area is 197 Å². The van der Waals surface area contributed by atoms with E-state index in [1.807, 2.05) is 37.4 Å². The molecule has 0 aliphatic heterocycles. The van der Waals surface area contributed by atoms with E-state index in [-0.39, 0.29) is 16.3 Å². The Balaban J connectivity index is 1.65. The maximum atomic E-state index is 12.6. The van der Waals surface area contributed by atoms with Gasteiger partial charge in [-0.15, -0.1) is 10.2 Å². The lowest BCUT2D eigenvalue weighted by Crippen LogP contribution is -2.15. The molecule has 0 atom stereocenters. The number of nitriles is 1. The summed E-state index contributed by atoms with van der Waals surface area (Å²) in [5.74, 6) is 0.552. The van der Waals surface area contributed by atoms with Crippen molar-refractivity contribution in [3.63, 3.8) is 0 Å². The topological polar surface area (TPSA) is 135 Å². The van der Waals surface area contributed by atoms with Crippen LogP contribution in [0, 0.1) is 11.3 Å². The van der Waals surface area contributed by atoms with Crippen molar-refractivity contribution in [2.45, 2.75) is 30.5 Å². The molecular formula is C24H22N6O3S. The van der Waals surface area contributed by atoms with Crippen molar-refractivity contribution in [1.29, 1.82) is 5.26 Å². The SMILES string of the molecule is CNCc1ccc(-c2nnc(-c3cncc(-c4ccc(S(=O)(=O)C(C)C)c(C#N)c4)n3)o2)cc1. The lowest BCUT2D eigenvalue weighted by atomic mass is 10.1. The zero-order chi connectivity index (χ0) is 24.3. The Hall–Kier alpha value is -3.94. The van der Waals surface area contributed by atoms with Crippen molar-refractivity contribution in [3.05, 3.63) is 66.0 Å². The van der Waals surface area contributed by atoms with E-state index in [2.05, 4.69) is 25.5 Å². The molecule has 9 nitrogen and oxygen atoms in total. The predicted octanol–water partition coefficient (Wildman–Crippen LogP) is 3.63. The van der Waals surface area contributed by atoms with Gasteiger partial charge < -0.3 is 9.73 Å². The van der Waals surface area contributed by atoms with Gasteiger partial charge in [-0.1, -0.05) is 18.2 Å². The fourth-order valence-electron chi connectivity index (χ4n) is 3.30. The van der Waals surface area contributed by atoms with Gasteiger partial charge in [0.05, 0.1) is 33.8 Å². The Kier molecular flexibility index (Phi) is 6.49. The van der Waals surface area contributed by atoms with Crippen molar-refractivity contribution in [3.8, 4) is 40.4 Å². The highest BCUT2D eigenvalue weighted by Crippen LogP contribution is 2.28. The largest absolute Gasteiger partial charge is 0.415 e. The van der Waals surface area contributed by atoms with Crippen LogP contribution in [0.1, 0.15) is 25.0 Å². The molecule has 1 N–H and O–H groups in total. The van der Waals surface area contributed by atoms with Crippen LogP contribution in [-0.2, 0) is 16.4 Å². The van der Waals surface area contributed by atoms with Crippen LogP contribution >= 0.6 is 0 Å². The molecule has 10 heteroatoms. The summed E-state index contributed by atoms with van der Waals surface area (Å²) in [6.45, 7) is 3.92. The number of rotatable bonds is 7. The standard InChI is InChI=1S/C24H22N6O3S/c1-15(2)34(31,32)22-9-8-18(10-19(22)11-25)20-13-27-14-21(28-20)24-30-29-23(33-24)17-6-4-16(5-7-17)12-26-3/h4-10,13-15,26H,12H2,1-3H3. The molecule has 0 saturated carbocycles. The van der Waals surface area contributed by atoms with Crippen LogP contribution in [0.25, 0.3) is 34.3 Å². The summed E-state index contributed by atoms with van der Waals surface area (Å²) in [6, 6.07) is 14.3. The number of nitrogens with zero attached hydrogens (tertiary/aromatic N) is 5. The van der Waals surface area contributed by atoms with Gasteiger partial charge in [-0.25, -0.2) is 13.4 Å². The second-order valence-electron chi connectivity index (χ2n) is 7.85. The monoisotopic (exact) mass is 474 g/mol. The quantitative estimate of drug-likeness (QED) is 0.426. The molecule has 0 radical (unpaired) electrons. The highest BCUT2D eigenvalue weighted by atomic mass is 32.2. The van der Waals surface area contributed by atoms with Crippen molar-refractivity contribution >= 4 is 9.84 Å². The van der Waals surface area contributed by atoms with Crippen LogP contribution in [0.15, 0.2) is 64.2 Å². The summed E-state index contributed by atoms with van der Waals surface area (Å²) < 4.78 is 30.9. The second-order valence-corrected chi connectivity index (χ2v) is 10.3. The van der Waals surface area contributed by atoms with Gasteiger partial charge in [0.25, 0.3) is 5.89 Å². The molecule has 34 heavy (non-hydrogen) atoms. The minimum absolute atomic E-state index is 0.000133. The van der Waals surface area contributed by atoms with E-state index in [0.717, 1.165) is 17.7 Å². The summed E-state index contributed by atoms with van der Waals surface area (Å²) in [7, 11) is -1.71. The van der Waals surface area contributed by atoms with E-state index in [4.69, 9.17) is 4.42 Å². The number of sulfone groups is 1. The van der Waals surface area contributed by atoms with E-state index < -0.39 is 15.1 Å². The first-order valence-corrected chi connectivity index (χ1v) is 12.1. The third kappa shape index (κ3) is 4.57. The van der Waals surface area contributed by atoms with Crippen LogP contribution < -0.4 is 5.32 Å². The Morgan fingerprint density at radius 3 is 2.35 bits per heavy atom. The van der Waals surface area contributed by atoms with Gasteiger partial charge in [0.1, 0.15) is 11.8 Å². The minimum atomic E-state index is -3.59. The lowest BCUT2D eigenvalue weighted by molar-refractivity contribution is 0.581. The maximum Gasteiger partial charge on any atom is 0.268 e. The molecule has 0 fully saturated rings. The van der Waals surface area contributed by atoms with Crippen molar-refractivity contribution in [2.24, 2.45) is 0 Å². The Bertz CT molecular complexity index is 1470. The maximum absolute atomic E-state index is 12.6. The molecule has 0 saturated heterocycles. The van der Waals surface area contributed by atoms with Gasteiger partial charge in [-0.2, -0.15) is 5.26 Å². The van der Waals surface area contributed by atoms with Crippen molar-refractivity contribution in [1.82, 2.24) is 25.5 Å². The third-order valence-corrected chi connectivity index (χ3v) is 7.39. The molecule has 0 bridgehead atoms. The van der Waals surface area contributed by atoms with E-state index in [1.54, 1.807) is 19.9 Å². The number of aromatic nitrogens is 4. The van der Waals surface area contributed by atoms with Gasteiger partial charge >= 0.3 is 0 Å². The van der Waals surface area contributed by atoms with E-state index in [9.17, 15) is 13.7 Å². The second kappa shape index (κ2) is 9.51. The summed E-state index contributed by atoms with van der Waals surface area (Å²) >= 11 is 0. The first-order valence-electron chi connectivity index (χ1n) is 10.5. The average Bonchev–Trinajstić information content (AvgIpc) is 3.35. The third-order valence-electron chi connectivity index (χ3n) is 5.18. The number of hydrogen-bond acceptors (Lipinski definition) is 9. The van der Waals surface area contributed by atoms with Gasteiger partial charge in [-0.05, 0) is 50.7 Å². The van der Waals surface area contributed by atoms with Crippen molar-refractivity contribution in [2.75, 3.05) is 7.05 Å². The van der Waals surface area contributed by atoms with Gasteiger partial charge in [0.2, 0.25) is 5.89 Å². The van der Waals surface area contributed by atoms with Crippen LogP contribution in [0.4, 0.5) is 0 Å². The Morgan fingerprint density at radius 2 is 1.68 bits per heavy atom. The zero-order valence-electron chi connectivity index (χ0n) is 18.8. The molecule has 2 heterocycles. The molecule has 2 aromatic heterocycles. The average molecular weight is 475 g/mol. The van der Waals surface area contributed by atoms with Crippen LogP contribution in [0.5, 0.6) is 0 Å². The smallest absolute Gasteiger partial charge is 0.268 e. The molecule has 4 aromatic rings. The number of nitrogens with one attached hydrogen (secondary N) is 1. The van der Waals surface area contributed by atoms with Crippen LogP contribution in [0.2, 0.25) is 0 Å². The van der Waals surface area contributed by atoms with Gasteiger partial charge in [0.15, 0.2) is 9.84 Å². The highest BCUT2D eigenvalue weighted by Gasteiger charge is 2.23. The first kappa shape index (κ1) is 23.2. The molecular weight excluding hydrogens is 452 g/mol. The normalized spacial score (nSPS) is 11.5. The highest BCUT2D eigenvalue weighted by molar-refractivity contribution is 7.92. The molecule has 0 spiro atoms. The summed E-state index contributed by atoms with van der Waals surface area (Å²) in [4.78, 5) is 8.74. The number of hydrogen-bond donors (Lipinski definition) is 1. The molecule has 0 aliphatic carbocycles. The van der Waals surface area contributed by atoms with Gasteiger partial charge in [0, 0.05) is 17.7 Å². The lowest BCUT2D eigenvalue weighted by Gasteiger charge is -2.10. The summed E-state index contributed by atoms with van der Waals surface area (Å²) in [5.41, 5.74) is 3.32. The van der Waals surface area contributed by atoms with E-state index >= 15 is 0 Å². The molecule has 0 aliphatic rings.